The number of methoxy groups -OCH3 is 1. The highest BCUT2D eigenvalue weighted by molar-refractivity contribution is 6.05. The fourth-order valence-corrected chi connectivity index (χ4v) is 2.56. The van der Waals surface area contributed by atoms with Crippen molar-refractivity contribution >= 4 is 17.5 Å². The van der Waals surface area contributed by atoms with E-state index in [9.17, 15) is 9.59 Å². The van der Waals surface area contributed by atoms with Gasteiger partial charge in [0.25, 0.3) is 11.8 Å². The molecule has 0 atom stereocenters. The van der Waals surface area contributed by atoms with Gasteiger partial charge in [-0.05, 0) is 69.2 Å². The zero-order valence-electron chi connectivity index (χ0n) is 15.7. The van der Waals surface area contributed by atoms with Crippen molar-refractivity contribution in [1.29, 1.82) is 0 Å². The van der Waals surface area contributed by atoms with Gasteiger partial charge in [-0.1, -0.05) is 0 Å². The van der Waals surface area contributed by atoms with Crippen molar-refractivity contribution < 1.29 is 19.1 Å². The van der Waals surface area contributed by atoms with Crippen LogP contribution in [0.2, 0.25) is 0 Å². The van der Waals surface area contributed by atoms with Crippen LogP contribution in [0.3, 0.4) is 0 Å². The molecule has 0 aliphatic heterocycles. The Labute approximate surface area is 158 Å². The number of anilines is 1. The van der Waals surface area contributed by atoms with Crippen LogP contribution in [0.15, 0.2) is 42.5 Å². The molecule has 1 aliphatic rings. The Balaban J connectivity index is 1.66. The zero-order chi connectivity index (χ0) is 19.4. The van der Waals surface area contributed by atoms with Crippen LogP contribution in [0, 0.1) is 0 Å². The van der Waals surface area contributed by atoms with Crippen molar-refractivity contribution in [2.24, 2.45) is 0 Å². The van der Waals surface area contributed by atoms with Crippen molar-refractivity contribution in [3.63, 3.8) is 0 Å². The van der Waals surface area contributed by atoms with E-state index >= 15 is 0 Å². The number of amides is 2. The predicted molar refractivity (Wildman–Crippen MR) is 104 cm³/mol. The number of nitrogens with one attached hydrogen (secondary N) is 2. The Morgan fingerprint density at radius 1 is 0.963 bits per heavy atom. The summed E-state index contributed by atoms with van der Waals surface area (Å²) in [5.74, 6) is 0.749. The summed E-state index contributed by atoms with van der Waals surface area (Å²) in [5.41, 5.74) is 1.65. The Morgan fingerprint density at radius 2 is 1.63 bits per heavy atom. The molecular formula is C21H24N2O4. The summed E-state index contributed by atoms with van der Waals surface area (Å²) >= 11 is 0. The lowest BCUT2D eigenvalue weighted by Gasteiger charge is -2.14. The molecule has 0 spiro atoms. The van der Waals surface area contributed by atoms with Crippen molar-refractivity contribution in [2.45, 2.75) is 38.8 Å². The number of benzene rings is 2. The maximum Gasteiger partial charge on any atom is 0.255 e. The molecule has 27 heavy (non-hydrogen) atoms. The van der Waals surface area contributed by atoms with E-state index in [4.69, 9.17) is 9.47 Å². The van der Waals surface area contributed by atoms with Crippen LogP contribution in [0.1, 0.15) is 47.4 Å². The third-order valence-electron chi connectivity index (χ3n) is 4.11. The summed E-state index contributed by atoms with van der Waals surface area (Å²) in [6, 6.07) is 12.2. The van der Waals surface area contributed by atoms with Gasteiger partial charge in [-0.15, -0.1) is 0 Å². The fraction of sp³-hybridized carbons (Fsp3) is 0.333. The average Bonchev–Trinajstić information content (AvgIpc) is 3.46. The fourth-order valence-electron chi connectivity index (χ4n) is 2.56. The van der Waals surface area contributed by atoms with Gasteiger partial charge in [0, 0.05) is 22.9 Å². The van der Waals surface area contributed by atoms with Crippen LogP contribution < -0.4 is 20.1 Å². The second-order valence-corrected chi connectivity index (χ2v) is 6.81. The molecule has 2 aromatic carbocycles. The van der Waals surface area contributed by atoms with Gasteiger partial charge in [0.15, 0.2) is 11.5 Å². The molecule has 2 N–H and O–H groups in total. The number of hydrogen-bond donors (Lipinski definition) is 2. The molecule has 1 saturated carbocycles. The number of carbonyl (C=O) groups is 2. The van der Waals surface area contributed by atoms with Crippen molar-refractivity contribution in [3.05, 3.63) is 53.6 Å². The van der Waals surface area contributed by atoms with Gasteiger partial charge in [0.1, 0.15) is 0 Å². The summed E-state index contributed by atoms with van der Waals surface area (Å²) < 4.78 is 11.0. The first kappa shape index (κ1) is 18.8. The SMILES string of the molecule is COc1cc(C(=O)Nc2ccc(C(=O)NC3CC3)cc2)ccc1OC(C)C. The minimum atomic E-state index is -0.264. The first-order valence-electron chi connectivity index (χ1n) is 9.03. The largest absolute Gasteiger partial charge is 0.493 e. The third-order valence-corrected chi connectivity index (χ3v) is 4.11. The van der Waals surface area contributed by atoms with E-state index in [0.717, 1.165) is 12.8 Å². The van der Waals surface area contributed by atoms with Crippen molar-refractivity contribution in [3.8, 4) is 11.5 Å². The molecule has 2 aromatic rings. The highest BCUT2D eigenvalue weighted by atomic mass is 16.5. The van der Waals surface area contributed by atoms with Crippen LogP contribution in [0.25, 0.3) is 0 Å². The topological polar surface area (TPSA) is 76.7 Å². The van der Waals surface area contributed by atoms with Gasteiger partial charge in [-0.2, -0.15) is 0 Å². The zero-order valence-corrected chi connectivity index (χ0v) is 15.7. The number of carbonyl (C=O) groups excluding carboxylic acids is 2. The van der Waals surface area contributed by atoms with E-state index < -0.39 is 0 Å². The van der Waals surface area contributed by atoms with E-state index in [2.05, 4.69) is 10.6 Å². The van der Waals surface area contributed by atoms with Crippen LogP contribution in [0.5, 0.6) is 11.5 Å². The molecule has 0 bridgehead atoms. The summed E-state index contributed by atoms with van der Waals surface area (Å²) in [4.78, 5) is 24.5. The minimum absolute atomic E-state index is 0.00852. The highest BCUT2D eigenvalue weighted by Crippen LogP contribution is 2.29. The second-order valence-electron chi connectivity index (χ2n) is 6.81. The second kappa shape index (κ2) is 8.12. The Hall–Kier alpha value is -3.02. The lowest BCUT2D eigenvalue weighted by molar-refractivity contribution is 0.0950. The molecule has 6 nitrogen and oxygen atoms in total. The normalized spacial score (nSPS) is 13.2. The number of hydrogen-bond acceptors (Lipinski definition) is 4. The van der Waals surface area contributed by atoms with Crippen molar-refractivity contribution in [2.75, 3.05) is 12.4 Å². The quantitative estimate of drug-likeness (QED) is 0.782. The molecule has 0 saturated heterocycles. The van der Waals surface area contributed by atoms with Gasteiger partial charge >= 0.3 is 0 Å². The van der Waals surface area contributed by atoms with Crippen LogP contribution in [-0.4, -0.2) is 31.1 Å². The average molecular weight is 368 g/mol. The molecule has 0 unspecified atom stereocenters. The molecule has 1 aliphatic carbocycles. The molecule has 2 amide bonds. The number of rotatable bonds is 7. The molecular weight excluding hydrogens is 344 g/mol. The molecule has 0 heterocycles. The Morgan fingerprint density at radius 3 is 2.22 bits per heavy atom. The molecule has 0 aromatic heterocycles. The van der Waals surface area contributed by atoms with Gasteiger partial charge in [0.2, 0.25) is 0 Å². The molecule has 142 valence electrons. The van der Waals surface area contributed by atoms with Crippen LogP contribution in [-0.2, 0) is 0 Å². The molecule has 3 rings (SSSR count). The number of ether oxygens (including phenoxy) is 2. The minimum Gasteiger partial charge on any atom is -0.493 e. The first-order chi connectivity index (χ1) is 13.0. The highest BCUT2D eigenvalue weighted by Gasteiger charge is 2.23. The van der Waals surface area contributed by atoms with E-state index in [0.29, 0.717) is 34.4 Å². The standard InChI is InChI=1S/C21H24N2O4/c1-13(2)27-18-11-6-15(12-19(18)26-3)21(25)23-16-7-4-14(5-8-16)20(24)22-17-9-10-17/h4-8,11-13,17H,9-10H2,1-3H3,(H,22,24)(H,23,25). The summed E-state index contributed by atoms with van der Waals surface area (Å²) in [5, 5.41) is 5.76. The smallest absolute Gasteiger partial charge is 0.255 e. The van der Waals surface area contributed by atoms with E-state index in [1.165, 1.54) is 7.11 Å². The van der Waals surface area contributed by atoms with Crippen molar-refractivity contribution in [1.82, 2.24) is 5.32 Å². The van der Waals surface area contributed by atoms with Gasteiger partial charge < -0.3 is 20.1 Å². The van der Waals surface area contributed by atoms with Crippen LogP contribution in [0.4, 0.5) is 5.69 Å². The Kier molecular flexibility index (Phi) is 5.64. The molecule has 6 heteroatoms. The maximum absolute atomic E-state index is 12.5. The van der Waals surface area contributed by atoms with Crippen LogP contribution >= 0.6 is 0 Å². The first-order valence-corrected chi connectivity index (χ1v) is 9.03. The Bertz CT molecular complexity index is 827. The summed E-state index contributed by atoms with van der Waals surface area (Å²) in [6.45, 7) is 3.85. The van der Waals surface area contributed by atoms with Gasteiger partial charge in [-0.3, -0.25) is 9.59 Å². The lowest BCUT2D eigenvalue weighted by Crippen LogP contribution is -2.25. The predicted octanol–water partition coefficient (Wildman–Crippen LogP) is 3.63. The molecule has 0 radical (unpaired) electrons. The monoisotopic (exact) mass is 368 g/mol. The van der Waals surface area contributed by atoms with E-state index in [1.54, 1.807) is 42.5 Å². The lowest BCUT2D eigenvalue weighted by atomic mass is 10.1. The summed E-state index contributed by atoms with van der Waals surface area (Å²) in [6.07, 6.45) is 2.10. The van der Waals surface area contributed by atoms with E-state index in [1.807, 2.05) is 13.8 Å². The van der Waals surface area contributed by atoms with Gasteiger partial charge in [-0.25, -0.2) is 0 Å². The molecule has 1 fully saturated rings. The maximum atomic E-state index is 12.5. The van der Waals surface area contributed by atoms with E-state index in [-0.39, 0.29) is 17.9 Å². The van der Waals surface area contributed by atoms with Gasteiger partial charge in [0.05, 0.1) is 13.2 Å². The summed E-state index contributed by atoms with van der Waals surface area (Å²) in [7, 11) is 1.54. The third kappa shape index (κ3) is 5.00.